The monoisotopic (exact) mass is 479 g/mol. The Bertz CT molecular complexity index is 881. The topological polar surface area (TPSA) is 114 Å². The van der Waals surface area contributed by atoms with Crippen molar-refractivity contribution in [1.29, 1.82) is 0 Å². The van der Waals surface area contributed by atoms with Crippen LogP contribution in [0.5, 0.6) is 0 Å². The van der Waals surface area contributed by atoms with Crippen molar-refractivity contribution in [3.8, 4) is 0 Å². The van der Waals surface area contributed by atoms with Crippen LogP contribution in [0.3, 0.4) is 0 Å². The van der Waals surface area contributed by atoms with E-state index in [4.69, 9.17) is 16.3 Å². The van der Waals surface area contributed by atoms with E-state index in [1.54, 1.807) is 26.8 Å². The predicted molar refractivity (Wildman–Crippen MR) is 126 cm³/mol. The quantitative estimate of drug-likeness (QED) is 0.471. The molecule has 0 saturated carbocycles. The zero-order chi connectivity index (χ0) is 24.8. The van der Waals surface area contributed by atoms with Gasteiger partial charge in [-0.2, -0.15) is 0 Å². The van der Waals surface area contributed by atoms with Gasteiger partial charge in [-0.15, -0.1) is 0 Å². The van der Waals surface area contributed by atoms with Gasteiger partial charge in [0.15, 0.2) is 0 Å². The van der Waals surface area contributed by atoms with Crippen molar-refractivity contribution >= 4 is 35.8 Å². The second kappa shape index (κ2) is 11.0. The Morgan fingerprint density at radius 1 is 1.24 bits per heavy atom. The fourth-order valence-electron chi connectivity index (χ4n) is 3.66. The summed E-state index contributed by atoms with van der Waals surface area (Å²) in [5.74, 6) is -0.947. The largest absolute Gasteiger partial charge is 0.449 e. The fourth-order valence-corrected chi connectivity index (χ4v) is 3.85. The molecule has 1 saturated heterocycles. The average molecular weight is 480 g/mol. The highest BCUT2D eigenvalue weighted by Gasteiger charge is 2.36. The summed E-state index contributed by atoms with van der Waals surface area (Å²) >= 11 is 6.07. The minimum atomic E-state index is -0.945. The highest BCUT2D eigenvalue weighted by atomic mass is 35.5. The predicted octanol–water partition coefficient (Wildman–Crippen LogP) is 2.97. The molecule has 0 radical (unpaired) electrons. The van der Waals surface area contributed by atoms with Crippen molar-refractivity contribution < 1.29 is 23.9 Å². The molecular formula is C24H34ClN3O5. The first-order chi connectivity index (χ1) is 15.3. The molecule has 9 heteroatoms. The van der Waals surface area contributed by atoms with Crippen LogP contribution in [0.1, 0.15) is 53.0 Å². The maximum Gasteiger partial charge on any atom is 0.407 e. The number of hydrogen-bond donors (Lipinski definition) is 3. The Balaban J connectivity index is 1.99. The third-order valence-electron chi connectivity index (χ3n) is 5.75. The third kappa shape index (κ3) is 7.74. The molecule has 182 valence electrons. The van der Waals surface area contributed by atoms with Crippen molar-refractivity contribution in [2.24, 2.45) is 11.3 Å². The van der Waals surface area contributed by atoms with Crippen LogP contribution in [0.15, 0.2) is 24.3 Å². The number of carbonyl (C=O) groups is 4. The first-order valence-corrected chi connectivity index (χ1v) is 11.4. The number of halogens is 1. The number of amides is 3. The van der Waals surface area contributed by atoms with Crippen molar-refractivity contribution in [3.05, 3.63) is 34.9 Å². The summed E-state index contributed by atoms with van der Waals surface area (Å²) in [5, 5.41) is 8.60. The molecule has 2 rings (SSSR count). The van der Waals surface area contributed by atoms with Crippen LogP contribution in [0.25, 0.3) is 0 Å². The van der Waals surface area contributed by atoms with E-state index in [-0.39, 0.29) is 24.9 Å². The number of benzene rings is 1. The average Bonchev–Trinajstić information content (AvgIpc) is 3.13. The van der Waals surface area contributed by atoms with Crippen LogP contribution < -0.4 is 16.0 Å². The van der Waals surface area contributed by atoms with Crippen molar-refractivity contribution in [2.45, 2.75) is 65.0 Å². The second-order valence-corrected chi connectivity index (χ2v) is 10.6. The fraction of sp³-hybridized carbons (Fsp3) is 0.583. The van der Waals surface area contributed by atoms with Gasteiger partial charge in [0.1, 0.15) is 18.9 Å². The van der Waals surface area contributed by atoms with E-state index in [1.165, 1.54) is 0 Å². The van der Waals surface area contributed by atoms with E-state index in [2.05, 4.69) is 16.0 Å². The highest BCUT2D eigenvalue weighted by molar-refractivity contribution is 6.30. The van der Waals surface area contributed by atoms with Crippen LogP contribution in [-0.2, 0) is 24.5 Å². The lowest BCUT2D eigenvalue weighted by Crippen LogP contribution is -2.56. The summed E-state index contributed by atoms with van der Waals surface area (Å²) in [6, 6.07) is 5.56. The summed E-state index contributed by atoms with van der Waals surface area (Å²) in [5.41, 5.74) is -0.228. The molecule has 1 aromatic carbocycles. The molecule has 3 N–H and O–H groups in total. The van der Waals surface area contributed by atoms with E-state index in [0.717, 1.165) is 5.56 Å². The molecule has 1 aromatic rings. The number of carbonyl (C=O) groups excluding carboxylic acids is 4. The van der Waals surface area contributed by atoms with Gasteiger partial charge in [0.25, 0.3) is 0 Å². The molecule has 33 heavy (non-hydrogen) atoms. The minimum absolute atomic E-state index is 0.0748. The Hall–Kier alpha value is -2.61. The number of ether oxygens (including phenoxy) is 1. The summed E-state index contributed by atoms with van der Waals surface area (Å²) < 4.78 is 5.43. The second-order valence-electron chi connectivity index (χ2n) is 10.2. The van der Waals surface area contributed by atoms with Gasteiger partial charge in [-0.1, -0.05) is 58.4 Å². The normalized spacial score (nSPS) is 18.1. The number of hydrogen-bond acceptors (Lipinski definition) is 5. The van der Waals surface area contributed by atoms with Crippen LogP contribution in [0.2, 0.25) is 5.02 Å². The van der Waals surface area contributed by atoms with Gasteiger partial charge in [-0.3, -0.25) is 9.59 Å². The zero-order valence-electron chi connectivity index (χ0n) is 19.9. The molecule has 0 aliphatic carbocycles. The van der Waals surface area contributed by atoms with Crippen LogP contribution in [0.4, 0.5) is 4.79 Å². The number of aldehydes is 1. The highest BCUT2D eigenvalue weighted by Crippen LogP contribution is 2.26. The standard InChI is InChI=1S/C24H34ClN3O5/c1-23(2,3)19(21(31)27-18(13-29)11-15-9-10-26-20(15)30)28-22(32)33-14-24(4,5)16-7-6-8-17(25)12-16/h6-8,12-13,15,18-19H,9-11,14H2,1-5H3,(H,26,30)(H,27,31)(H,28,32)/t15-,18-,19+/m0/s1. The Labute approximate surface area is 200 Å². The Morgan fingerprint density at radius 3 is 2.48 bits per heavy atom. The molecule has 1 fully saturated rings. The molecule has 0 spiro atoms. The van der Waals surface area contributed by atoms with Crippen molar-refractivity contribution in [1.82, 2.24) is 16.0 Å². The number of nitrogens with one attached hydrogen (secondary N) is 3. The van der Waals surface area contributed by atoms with Crippen LogP contribution in [-0.4, -0.2) is 49.4 Å². The Kier molecular flexibility index (Phi) is 8.89. The molecule has 0 bridgehead atoms. The van der Waals surface area contributed by atoms with E-state index in [0.29, 0.717) is 24.3 Å². The maximum absolute atomic E-state index is 13.0. The maximum atomic E-state index is 13.0. The molecule has 0 unspecified atom stereocenters. The lowest BCUT2D eigenvalue weighted by Gasteiger charge is -2.32. The summed E-state index contributed by atoms with van der Waals surface area (Å²) in [6.07, 6.45) is 0.720. The lowest BCUT2D eigenvalue weighted by molar-refractivity contribution is -0.129. The molecule has 1 aliphatic heterocycles. The van der Waals surface area contributed by atoms with Gasteiger partial charge in [0.05, 0.1) is 6.04 Å². The van der Waals surface area contributed by atoms with Gasteiger partial charge in [-0.05, 0) is 36.0 Å². The first kappa shape index (κ1) is 26.6. The molecule has 1 aliphatic rings. The van der Waals surface area contributed by atoms with Gasteiger partial charge in [0.2, 0.25) is 11.8 Å². The molecular weight excluding hydrogens is 446 g/mol. The van der Waals surface area contributed by atoms with Crippen molar-refractivity contribution in [2.75, 3.05) is 13.2 Å². The lowest BCUT2D eigenvalue weighted by atomic mass is 9.85. The van der Waals surface area contributed by atoms with Gasteiger partial charge < -0.3 is 25.5 Å². The zero-order valence-corrected chi connectivity index (χ0v) is 20.6. The van der Waals surface area contributed by atoms with E-state index in [9.17, 15) is 19.2 Å². The van der Waals surface area contributed by atoms with Gasteiger partial charge >= 0.3 is 6.09 Å². The van der Waals surface area contributed by atoms with E-state index in [1.807, 2.05) is 32.0 Å². The number of rotatable bonds is 9. The molecule has 3 amide bonds. The molecule has 3 atom stereocenters. The van der Waals surface area contributed by atoms with Gasteiger partial charge in [0, 0.05) is 22.9 Å². The number of alkyl carbamates (subject to hydrolysis) is 1. The SMILES string of the molecule is CC(C)(COC(=O)N[C@H](C(=O)N[C@H](C=O)C[C@@H]1CCNC1=O)C(C)(C)C)c1cccc(Cl)c1. The Morgan fingerprint density at radius 2 is 1.94 bits per heavy atom. The van der Waals surface area contributed by atoms with Crippen LogP contribution in [0, 0.1) is 11.3 Å². The van der Waals surface area contributed by atoms with Crippen molar-refractivity contribution in [3.63, 3.8) is 0 Å². The molecule has 8 nitrogen and oxygen atoms in total. The minimum Gasteiger partial charge on any atom is -0.449 e. The summed E-state index contributed by atoms with van der Waals surface area (Å²) in [4.78, 5) is 48.9. The summed E-state index contributed by atoms with van der Waals surface area (Å²) in [7, 11) is 0. The third-order valence-corrected chi connectivity index (χ3v) is 5.99. The molecule has 1 heterocycles. The van der Waals surface area contributed by atoms with E-state index >= 15 is 0 Å². The summed E-state index contributed by atoms with van der Waals surface area (Å²) in [6.45, 7) is 9.88. The van der Waals surface area contributed by atoms with Gasteiger partial charge in [-0.25, -0.2) is 4.79 Å². The first-order valence-electron chi connectivity index (χ1n) is 11.1. The smallest absolute Gasteiger partial charge is 0.407 e. The van der Waals surface area contributed by atoms with Crippen LogP contribution >= 0.6 is 11.6 Å². The van der Waals surface area contributed by atoms with E-state index < -0.39 is 34.9 Å². The molecule has 0 aromatic heterocycles.